The van der Waals surface area contributed by atoms with E-state index < -0.39 is 117 Å². The second-order valence-electron chi connectivity index (χ2n) is 16.5. The van der Waals surface area contributed by atoms with Crippen molar-refractivity contribution in [1.82, 2.24) is 0 Å². The van der Waals surface area contributed by atoms with Crippen molar-refractivity contribution < 1.29 is 222 Å². The summed E-state index contributed by atoms with van der Waals surface area (Å²) < 4.78 is 242. The summed E-state index contributed by atoms with van der Waals surface area (Å²) in [5.41, 5.74) is 0. The normalized spacial score (nSPS) is 11.7. The molecular weight excluding hydrogens is 1600 g/mol. The van der Waals surface area contributed by atoms with Gasteiger partial charge in [-0.1, -0.05) is 194 Å². The minimum atomic E-state index is -6.02. The van der Waals surface area contributed by atoms with Crippen LogP contribution in [0.15, 0.2) is 0 Å². The Balaban J connectivity index is -0.000000169. The molecule has 0 unspecified atom stereocenters. The van der Waals surface area contributed by atoms with Crippen LogP contribution in [-0.2, 0) is 165 Å². The molecule has 0 radical (unpaired) electrons. The Morgan fingerprint density at radius 1 is 0.187 bits per heavy atom. The van der Waals surface area contributed by atoms with E-state index in [-0.39, 0.29) is 0 Å². The van der Waals surface area contributed by atoms with Crippen LogP contribution in [0.1, 0.15) is 233 Å². The van der Waals surface area contributed by atoms with Crippen molar-refractivity contribution >= 4 is 0 Å². The van der Waals surface area contributed by atoms with Crippen molar-refractivity contribution in [2.45, 2.75) is 233 Å². The Labute approximate surface area is 469 Å². The predicted molar refractivity (Wildman–Crippen MR) is 195 cm³/mol. The Bertz CT molecular complexity index is 1580. The van der Waals surface area contributed by atoms with E-state index in [1.54, 1.807) is 0 Å². The van der Waals surface area contributed by atoms with Gasteiger partial charge in [-0.05, 0) is 38.5 Å². The van der Waals surface area contributed by atoms with Gasteiger partial charge in [-0.15, -0.1) is 0 Å². The van der Waals surface area contributed by atoms with Gasteiger partial charge < -0.3 is 4.90 Å². The van der Waals surface area contributed by atoms with Crippen molar-refractivity contribution in [3.8, 4) is 0 Å². The fraction of sp³-hybridized carbons (Fsp3) is 1.00. The topological polar surface area (TPSA) is 566 Å². The molecule has 0 aliphatic heterocycles. The van der Waals surface area contributed by atoms with Gasteiger partial charge in [-0.25, -0.2) is 0 Å². The molecule has 0 aromatic carbocycles. The molecule has 466 valence electrons. The summed E-state index contributed by atoms with van der Waals surface area (Å²) in [6, 6.07) is 0. The monoisotopic (exact) mass is 1700 g/mol. The average Bonchev–Trinajstić information content (AvgIpc) is 3.16. The van der Waals surface area contributed by atoms with Crippen LogP contribution in [0.4, 0.5) is 0 Å². The van der Waals surface area contributed by atoms with Gasteiger partial charge in [-0.3, -0.25) is 0 Å². The predicted octanol–water partition coefficient (Wildman–Crippen LogP) is -5.52. The van der Waals surface area contributed by atoms with Crippen LogP contribution in [0.5, 0.6) is 0 Å². The van der Waals surface area contributed by atoms with Crippen LogP contribution in [0.25, 0.3) is 0 Å². The minimum absolute atomic E-state index is 1.37. The summed E-state index contributed by atoms with van der Waals surface area (Å²) in [5.74, 6) is 0. The van der Waals surface area contributed by atoms with Crippen LogP contribution < -0.4 is 57.5 Å². The van der Waals surface area contributed by atoms with E-state index in [2.05, 4.69) is 20.8 Å². The van der Waals surface area contributed by atoms with Gasteiger partial charge in [-0.2, -0.15) is 0 Å². The van der Waals surface area contributed by atoms with Gasteiger partial charge in [0, 0.05) is 0 Å². The second-order valence-corrected chi connectivity index (χ2v) is 30.5. The van der Waals surface area contributed by atoms with Gasteiger partial charge in [0.15, 0.2) is 0 Å². The first kappa shape index (κ1) is 92.9. The van der Waals surface area contributed by atoms with Gasteiger partial charge in [0.2, 0.25) is 0 Å². The van der Waals surface area contributed by atoms with E-state index in [0.717, 1.165) is 0 Å². The summed E-state index contributed by atoms with van der Waals surface area (Å²) >= 11 is -42.1. The van der Waals surface area contributed by atoms with E-state index >= 15 is 0 Å². The van der Waals surface area contributed by atoms with E-state index in [0.29, 0.717) is 0 Å². The third-order valence-corrected chi connectivity index (χ3v) is 9.40. The van der Waals surface area contributed by atoms with Crippen LogP contribution in [0.3, 0.4) is 0 Å². The first-order valence-electron chi connectivity index (χ1n) is 24.3. The molecule has 0 saturated heterocycles. The maximum absolute atomic E-state index is 8.63. The van der Waals surface area contributed by atoms with Crippen LogP contribution in [-0.4, -0.2) is 19.6 Å². The molecule has 0 amide bonds. The second kappa shape index (κ2) is 61.5. The van der Waals surface area contributed by atoms with E-state index in [4.69, 9.17) is 100 Å². The summed E-state index contributed by atoms with van der Waals surface area (Å²) in [6.45, 7) is 11.3. The van der Waals surface area contributed by atoms with Crippen LogP contribution in [0.2, 0.25) is 0 Å². The molecule has 0 aliphatic rings. The zero-order chi connectivity index (χ0) is 60.5. The van der Waals surface area contributed by atoms with Crippen LogP contribution >= 0.6 is 0 Å². The molecule has 36 heteroatoms. The molecule has 0 fully saturated rings. The Morgan fingerprint density at radius 2 is 0.267 bits per heavy atom. The van der Waals surface area contributed by atoms with Gasteiger partial charge in [0.25, 0.3) is 0 Å². The quantitative estimate of drug-likeness (QED) is 0.0452. The number of hydrogen-bond donors (Lipinski definition) is 1. The first-order chi connectivity index (χ1) is 33.8. The van der Waals surface area contributed by atoms with E-state index in [1.807, 2.05) is 4.90 Å². The number of quaternary nitrogens is 1. The van der Waals surface area contributed by atoms with E-state index in [9.17, 15) is 0 Å². The first-order valence-corrected chi connectivity index (χ1v) is 47.3. The third-order valence-electron chi connectivity index (χ3n) is 9.40. The molecule has 0 saturated carbocycles. The zero-order valence-electron chi connectivity index (χ0n) is 43.2. The molecule has 1 N–H and O–H groups in total. The summed E-state index contributed by atoms with van der Waals surface area (Å²) in [7, 11) is 0. The molecule has 0 spiro atoms. The molecule has 0 rings (SSSR count). The summed E-state index contributed by atoms with van der Waals surface area (Å²) in [5, 5.41) is 0. The number of nitrogens with one attached hydrogen (secondary N) is 1. The van der Waals surface area contributed by atoms with Gasteiger partial charge in [0.1, 0.15) is 0 Å². The number of hydrogen-bond acceptors (Lipinski definition) is 28. The SMILES string of the molecule is CCCCCCCCCCCCC[NH+](CCCCCCCCCCCCC)CCCCCCCCCCCCC.[O]=[Mo](=[O])([O-])[O-].[O]=[Mo](=[O])([O-])[O-].[O]=[Mo](=[O])([O-])[O-].[O]=[Mo](=[O])([O-])[O-].[O]=[Mo](=[O])([O-])[O-].[O]=[Mo](=[O])([O-])[O-].[O]=[Mo](=[O])([O-])[O-]. The fourth-order valence-corrected chi connectivity index (χ4v) is 6.49. The molecule has 29 nitrogen and oxygen atoms in total. The van der Waals surface area contributed by atoms with Gasteiger partial charge >= 0.3 is 217 Å². The molecule has 0 heterocycles. The van der Waals surface area contributed by atoms with Crippen molar-refractivity contribution in [3.05, 3.63) is 0 Å². The zero-order valence-corrected chi connectivity index (χ0v) is 57.3. The molecule has 0 aromatic heterocycles. The number of rotatable bonds is 36. The molecule has 0 aliphatic carbocycles. The third kappa shape index (κ3) is 249. The fourth-order valence-electron chi connectivity index (χ4n) is 6.49. The molecular formula is C39H82Mo7NO28-13. The van der Waals surface area contributed by atoms with E-state index in [1.165, 1.54) is 232 Å². The Hall–Kier alpha value is 1.42. The summed E-state index contributed by atoms with van der Waals surface area (Å²) in [4.78, 5) is 1.95. The average molecular weight is 1680 g/mol. The van der Waals surface area contributed by atoms with Crippen molar-refractivity contribution in [1.29, 1.82) is 0 Å². The van der Waals surface area contributed by atoms with Crippen LogP contribution in [0, 0.1) is 0 Å². The van der Waals surface area contributed by atoms with Crippen molar-refractivity contribution in [2.24, 2.45) is 0 Å². The van der Waals surface area contributed by atoms with Crippen molar-refractivity contribution in [2.75, 3.05) is 19.6 Å². The summed E-state index contributed by atoms with van der Waals surface area (Å²) in [6.07, 6.45) is 48.4. The Kier molecular flexibility index (Phi) is 76.1. The van der Waals surface area contributed by atoms with Gasteiger partial charge in [0.05, 0.1) is 19.6 Å². The number of unbranched alkanes of at least 4 members (excludes halogenated alkanes) is 30. The molecule has 0 atom stereocenters. The molecule has 0 bridgehead atoms. The standard InChI is InChI=1S/C39H81N.7Mo.28O/c1-4-7-10-13-16-19-22-25-28-31-34-37-40(38-35-32-29-26-23-20-17-14-11-8-5-2)39-36-33-30-27-24-21-18-15-12-9-6-3;;;;;;;;;;;;;;;;;;;;;;;;;;;;;;;;;;;/h4-39H2,1-3H3;;;;;;;;;;;;;;;;;;;;;;;;;;;;;;;;;;;/q;;;;;;;;;;;;;;;;;;;;;;14*-1/p+1. The molecule has 0 aromatic rings. The van der Waals surface area contributed by atoms with Crippen molar-refractivity contribution in [3.63, 3.8) is 0 Å². The Morgan fingerprint density at radius 3 is 0.360 bits per heavy atom. The maximum atomic E-state index is 8.63. The molecule has 75 heavy (non-hydrogen) atoms.